The summed E-state index contributed by atoms with van der Waals surface area (Å²) in [5, 5.41) is 2.96. The molecule has 1 heterocycles. The smallest absolute Gasteiger partial charge is 0.110 e. The number of allylic oxidation sites excluding steroid dienone is 4. The molecule has 3 heteroatoms. The second kappa shape index (κ2) is 7.29. The summed E-state index contributed by atoms with van der Waals surface area (Å²) in [5.74, 6) is 0.444. The minimum absolute atomic E-state index is 0.00268. The van der Waals surface area contributed by atoms with E-state index in [1.807, 2.05) is 19.2 Å². The lowest BCUT2D eigenvalue weighted by molar-refractivity contribution is 0.712. The third-order valence-corrected chi connectivity index (χ3v) is 3.69. The predicted molar refractivity (Wildman–Crippen MR) is 80.5 cm³/mol. The van der Waals surface area contributed by atoms with Gasteiger partial charge in [0.15, 0.2) is 0 Å². The van der Waals surface area contributed by atoms with Gasteiger partial charge in [-0.3, -0.25) is 0 Å². The lowest BCUT2D eigenvalue weighted by atomic mass is 9.91. The first-order valence-corrected chi connectivity index (χ1v) is 7.27. The third kappa shape index (κ3) is 3.93. The van der Waals surface area contributed by atoms with Crippen LogP contribution in [0.25, 0.3) is 0 Å². The van der Waals surface area contributed by atoms with Gasteiger partial charge in [0.2, 0.25) is 0 Å². The Morgan fingerprint density at radius 1 is 1.50 bits per heavy atom. The van der Waals surface area contributed by atoms with Crippen LogP contribution in [-0.2, 0) is 0 Å². The van der Waals surface area contributed by atoms with Gasteiger partial charge in [0.1, 0.15) is 5.01 Å². The van der Waals surface area contributed by atoms with Gasteiger partial charge in [-0.25, -0.2) is 4.98 Å². The average Bonchev–Trinajstić information content (AvgIpc) is 2.90. The zero-order valence-electron chi connectivity index (χ0n) is 11.4. The van der Waals surface area contributed by atoms with Crippen LogP contribution in [0.15, 0.2) is 47.5 Å². The van der Waals surface area contributed by atoms with Crippen molar-refractivity contribution in [2.75, 3.05) is 0 Å². The van der Waals surface area contributed by atoms with Crippen LogP contribution >= 0.6 is 11.3 Å². The normalized spacial score (nSPS) is 19.9. The molecule has 1 aromatic heterocycles. The van der Waals surface area contributed by atoms with E-state index in [0.29, 0.717) is 5.92 Å². The summed E-state index contributed by atoms with van der Waals surface area (Å²) in [6, 6.07) is -0.00268. The molecule has 2 N–H and O–H groups in total. The fourth-order valence-corrected chi connectivity index (χ4v) is 2.34. The van der Waals surface area contributed by atoms with E-state index >= 15 is 0 Å². The number of hydrogen-bond acceptors (Lipinski definition) is 3. The van der Waals surface area contributed by atoms with Crippen LogP contribution in [0.4, 0.5) is 0 Å². The summed E-state index contributed by atoms with van der Waals surface area (Å²) in [6.07, 6.45) is 9.08. The summed E-state index contributed by atoms with van der Waals surface area (Å²) in [4.78, 5) is 4.24. The predicted octanol–water partition coefficient (Wildman–Crippen LogP) is 4.25. The van der Waals surface area contributed by atoms with Crippen molar-refractivity contribution >= 4 is 11.3 Å². The van der Waals surface area contributed by atoms with Crippen molar-refractivity contribution in [3.63, 3.8) is 0 Å². The SMILES string of the molecule is C=C1C=C(CC(N)c2nccs2)C=CC1C.CC. The number of nitrogens with zero attached hydrogens (tertiary/aromatic N) is 1. The molecule has 0 saturated carbocycles. The minimum atomic E-state index is -0.00268. The van der Waals surface area contributed by atoms with E-state index < -0.39 is 0 Å². The van der Waals surface area contributed by atoms with Crippen molar-refractivity contribution in [2.24, 2.45) is 11.7 Å². The van der Waals surface area contributed by atoms with Crippen molar-refractivity contribution in [1.82, 2.24) is 4.98 Å². The molecule has 0 saturated heterocycles. The fourth-order valence-electron chi connectivity index (χ4n) is 1.70. The Bertz CT molecular complexity index is 429. The highest BCUT2D eigenvalue weighted by molar-refractivity contribution is 7.09. The number of hydrogen-bond donors (Lipinski definition) is 1. The molecule has 18 heavy (non-hydrogen) atoms. The second-order valence-corrected chi connectivity index (χ2v) is 5.05. The number of rotatable bonds is 3. The molecule has 0 amide bonds. The Kier molecular flexibility index (Phi) is 6.02. The average molecular weight is 262 g/mol. The van der Waals surface area contributed by atoms with E-state index in [0.717, 1.165) is 17.0 Å². The topological polar surface area (TPSA) is 38.9 Å². The summed E-state index contributed by atoms with van der Waals surface area (Å²) >= 11 is 1.61. The maximum Gasteiger partial charge on any atom is 0.110 e. The van der Waals surface area contributed by atoms with Crippen LogP contribution in [0.5, 0.6) is 0 Å². The molecule has 1 aliphatic rings. The minimum Gasteiger partial charge on any atom is -0.322 e. The van der Waals surface area contributed by atoms with Crippen molar-refractivity contribution in [1.29, 1.82) is 0 Å². The first-order chi connectivity index (χ1) is 8.66. The van der Waals surface area contributed by atoms with Crippen molar-refractivity contribution in [3.8, 4) is 0 Å². The van der Waals surface area contributed by atoms with Crippen LogP contribution in [0.2, 0.25) is 0 Å². The number of thiazole rings is 1. The Balaban J connectivity index is 0.000000771. The monoisotopic (exact) mass is 262 g/mol. The first-order valence-electron chi connectivity index (χ1n) is 6.39. The van der Waals surface area contributed by atoms with Crippen LogP contribution in [0.1, 0.15) is 38.2 Å². The first kappa shape index (κ1) is 14.9. The summed E-state index contributed by atoms with van der Waals surface area (Å²) in [6.45, 7) is 10.2. The van der Waals surface area contributed by atoms with Gasteiger partial charge in [-0.1, -0.05) is 45.6 Å². The molecule has 0 radical (unpaired) electrons. The summed E-state index contributed by atoms with van der Waals surface area (Å²) in [7, 11) is 0. The van der Waals surface area contributed by atoms with Crippen LogP contribution in [-0.4, -0.2) is 4.98 Å². The Morgan fingerprint density at radius 3 is 2.78 bits per heavy atom. The highest BCUT2D eigenvalue weighted by atomic mass is 32.1. The van der Waals surface area contributed by atoms with Crippen LogP contribution in [0.3, 0.4) is 0 Å². The number of aromatic nitrogens is 1. The lowest BCUT2D eigenvalue weighted by Gasteiger charge is -2.16. The molecular weight excluding hydrogens is 240 g/mol. The molecule has 1 aromatic rings. The maximum absolute atomic E-state index is 6.09. The fraction of sp³-hybridized carbons (Fsp3) is 0.400. The largest absolute Gasteiger partial charge is 0.322 e. The Hall–Kier alpha value is -1.19. The van der Waals surface area contributed by atoms with Gasteiger partial charge in [0.05, 0.1) is 6.04 Å². The van der Waals surface area contributed by atoms with Crippen molar-refractivity contribution in [2.45, 2.75) is 33.2 Å². The van der Waals surface area contributed by atoms with E-state index in [-0.39, 0.29) is 6.04 Å². The van der Waals surface area contributed by atoms with Crippen molar-refractivity contribution < 1.29 is 0 Å². The molecule has 0 bridgehead atoms. The second-order valence-electron chi connectivity index (χ2n) is 4.12. The van der Waals surface area contributed by atoms with Gasteiger partial charge in [-0.15, -0.1) is 11.3 Å². The van der Waals surface area contributed by atoms with E-state index in [2.05, 4.69) is 36.7 Å². The molecule has 2 unspecified atom stereocenters. The van der Waals surface area contributed by atoms with Gasteiger partial charge in [-0.05, 0) is 23.5 Å². The zero-order chi connectivity index (χ0) is 13.5. The molecule has 2 rings (SSSR count). The van der Waals surface area contributed by atoms with E-state index in [9.17, 15) is 0 Å². The molecular formula is C15H22N2S. The lowest BCUT2D eigenvalue weighted by Crippen LogP contribution is -2.11. The molecule has 98 valence electrons. The van der Waals surface area contributed by atoms with E-state index in [1.165, 1.54) is 5.57 Å². The Morgan fingerprint density at radius 2 is 2.22 bits per heavy atom. The molecule has 2 nitrogen and oxygen atoms in total. The highest BCUT2D eigenvalue weighted by Gasteiger charge is 2.13. The van der Waals surface area contributed by atoms with Crippen LogP contribution < -0.4 is 5.73 Å². The molecule has 0 spiro atoms. The third-order valence-electron chi connectivity index (χ3n) is 2.78. The quantitative estimate of drug-likeness (QED) is 0.884. The summed E-state index contributed by atoms with van der Waals surface area (Å²) < 4.78 is 0. The zero-order valence-corrected chi connectivity index (χ0v) is 12.2. The molecule has 2 atom stereocenters. The van der Waals surface area contributed by atoms with Crippen LogP contribution in [0, 0.1) is 5.92 Å². The highest BCUT2D eigenvalue weighted by Crippen LogP contribution is 2.27. The van der Waals surface area contributed by atoms with Gasteiger partial charge in [0.25, 0.3) is 0 Å². The molecule has 0 aliphatic heterocycles. The van der Waals surface area contributed by atoms with Gasteiger partial charge in [0, 0.05) is 11.6 Å². The maximum atomic E-state index is 6.09. The van der Waals surface area contributed by atoms with Crippen molar-refractivity contribution in [3.05, 3.63) is 52.5 Å². The Labute approximate surface area is 114 Å². The molecule has 1 aliphatic carbocycles. The summed E-state index contributed by atoms with van der Waals surface area (Å²) in [5.41, 5.74) is 8.49. The standard InChI is InChI=1S/C13H16N2S.C2H6/c1-9-3-4-11(7-10(9)2)8-12(14)13-15-5-6-16-13;1-2/h3-7,9,12H,2,8,14H2,1H3;1-2H3. The van der Waals surface area contributed by atoms with Gasteiger partial charge in [-0.2, -0.15) is 0 Å². The molecule has 0 aromatic carbocycles. The van der Waals surface area contributed by atoms with Gasteiger partial charge >= 0.3 is 0 Å². The van der Waals surface area contributed by atoms with E-state index in [4.69, 9.17) is 5.73 Å². The number of nitrogens with two attached hydrogens (primary N) is 1. The molecule has 0 fully saturated rings. The van der Waals surface area contributed by atoms with Gasteiger partial charge < -0.3 is 5.73 Å². The van der Waals surface area contributed by atoms with E-state index in [1.54, 1.807) is 17.5 Å².